The molecule has 5 nitrogen and oxygen atoms in total. The van der Waals surface area contributed by atoms with E-state index in [1.165, 1.54) is 24.1 Å². The Bertz CT molecular complexity index is 440. The van der Waals surface area contributed by atoms with E-state index >= 15 is 0 Å². The molecule has 0 fully saturated rings. The van der Waals surface area contributed by atoms with Crippen LogP contribution in [-0.4, -0.2) is 25.4 Å². The number of dihydropyridines is 1. The number of nitrogens with two attached hydrogens (primary N) is 1. The van der Waals surface area contributed by atoms with Gasteiger partial charge in [-0.25, -0.2) is 4.79 Å². The Morgan fingerprint density at radius 2 is 2.05 bits per heavy atom. The molecule has 0 aromatic rings. The van der Waals surface area contributed by atoms with Gasteiger partial charge in [0.1, 0.15) is 6.23 Å². The van der Waals surface area contributed by atoms with E-state index in [4.69, 9.17) is 15.2 Å². The maximum absolute atomic E-state index is 12.1. The summed E-state index contributed by atoms with van der Waals surface area (Å²) in [5.74, 6) is -0.290. The third-order valence-electron chi connectivity index (χ3n) is 3.74. The molecule has 0 amide bonds. The molecule has 5 heteroatoms. The van der Waals surface area contributed by atoms with Crippen molar-refractivity contribution in [2.45, 2.75) is 52.2 Å². The molecule has 1 heterocycles. The van der Waals surface area contributed by atoms with E-state index in [9.17, 15) is 4.79 Å². The smallest absolute Gasteiger partial charge is 0.336 e. The van der Waals surface area contributed by atoms with Crippen LogP contribution < -0.4 is 11.1 Å². The van der Waals surface area contributed by atoms with Gasteiger partial charge < -0.3 is 20.5 Å². The lowest BCUT2D eigenvalue weighted by Crippen LogP contribution is -2.39. The van der Waals surface area contributed by atoms with Gasteiger partial charge in [-0.3, -0.25) is 0 Å². The number of carbonyl (C=O) groups is 1. The van der Waals surface area contributed by atoms with Gasteiger partial charge in [-0.15, -0.1) is 0 Å². The fraction of sp³-hybridized carbons (Fsp3) is 0.667. The van der Waals surface area contributed by atoms with Gasteiger partial charge in [0, 0.05) is 18.7 Å². The Labute approximate surface area is 120 Å². The minimum absolute atomic E-state index is 0.290. The summed E-state index contributed by atoms with van der Waals surface area (Å²) in [4.78, 5) is 12.1. The first-order valence-electron chi connectivity index (χ1n) is 7.42. The van der Waals surface area contributed by atoms with Crippen molar-refractivity contribution in [3.05, 3.63) is 22.5 Å². The largest absolute Gasteiger partial charge is 0.463 e. The zero-order valence-corrected chi connectivity index (χ0v) is 12.3. The van der Waals surface area contributed by atoms with E-state index in [0.29, 0.717) is 30.9 Å². The molecule has 0 aromatic heterocycles. The number of esters is 1. The number of hydrogen-bond acceptors (Lipinski definition) is 5. The van der Waals surface area contributed by atoms with Crippen LogP contribution in [0, 0.1) is 0 Å². The molecule has 1 unspecified atom stereocenters. The SMILES string of the molecule is CCOC(=O)C1=C(C(N)OCC)NC2=C(CCCC2)C1. The highest BCUT2D eigenvalue weighted by Crippen LogP contribution is 2.34. The van der Waals surface area contributed by atoms with Crippen LogP contribution in [0.15, 0.2) is 22.5 Å². The summed E-state index contributed by atoms with van der Waals surface area (Å²) in [5, 5.41) is 3.34. The quantitative estimate of drug-likeness (QED) is 0.595. The van der Waals surface area contributed by atoms with Crippen LogP contribution in [0.4, 0.5) is 0 Å². The highest BCUT2D eigenvalue weighted by molar-refractivity contribution is 5.90. The molecule has 1 atom stereocenters. The van der Waals surface area contributed by atoms with Crippen molar-refractivity contribution in [3.8, 4) is 0 Å². The summed E-state index contributed by atoms with van der Waals surface area (Å²) in [6, 6.07) is 0. The van der Waals surface area contributed by atoms with Crippen LogP contribution in [0.5, 0.6) is 0 Å². The maximum Gasteiger partial charge on any atom is 0.336 e. The first-order chi connectivity index (χ1) is 9.67. The second kappa shape index (κ2) is 6.90. The number of carbonyl (C=O) groups excluding carboxylic acids is 1. The molecule has 0 aromatic carbocycles. The molecule has 20 heavy (non-hydrogen) atoms. The van der Waals surface area contributed by atoms with Crippen molar-refractivity contribution < 1.29 is 14.3 Å². The van der Waals surface area contributed by atoms with Gasteiger partial charge in [-0.2, -0.15) is 0 Å². The summed E-state index contributed by atoms with van der Waals surface area (Å²) >= 11 is 0. The molecular weight excluding hydrogens is 256 g/mol. The zero-order valence-electron chi connectivity index (χ0n) is 12.3. The lowest BCUT2D eigenvalue weighted by atomic mass is 9.87. The number of nitrogens with one attached hydrogen (secondary N) is 1. The minimum atomic E-state index is -0.601. The zero-order chi connectivity index (χ0) is 14.5. The first kappa shape index (κ1) is 15.1. The van der Waals surface area contributed by atoms with E-state index in [2.05, 4.69) is 5.32 Å². The average molecular weight is 280 g/mol. The summed E-state index contributed by atoms with van der Waals surface area (Å²) in [5.41, 5.74) is 9.85. The summed E-state index contributed by atoms with van der Waals surface area (Å²) in [6.45, 7) is 4.57. The lowest BCUT2D eigenvalue weighted by Gasteiger charge is -2.31. The predicted octanol–water partition coefficient (Wildman–Crippen LogP) is 1.95. The fourth-order valence-corrected chi connectivity index (χ4v) is 2.77. The van der Waals surface area contributed by atoms with Gasteiger partial charge >= 0.3 is 5.97 Å². The lowest BCUT2D eigenvalue weighted by molar-refractivity contribution is -0.138. The summed E-state index contributed by atoms with van der Waals surface area (Å²) in [7, 11) is 0. The molecule has 0 radical (unpaired) electrons. The van der Waals surface area contributed by atoms with E-state index in [1.54, 1.807) is 0 Å². The Morgan fingerprint density at radius 3 is 2.75 bits per heavy atom. The fourth-order valence-electron chi connectivity index (χ4n) is 2.77. The summed E-state index contributed by atoms with van der Waals surface area (Å²) < 4.78 is 10.6. The van der Waals surface area contributed by atoms with E-state index in [0.717, 1.165) is 12.8 Å². The number of rotatable bonds is 5. The molecule has 0 spiro atoms. The topological polar surface area (TPSA) is 73.6 Å². The molecular formula is C15H24N2O3. The summed E-state index contributed by atoms with van der Waals surface area (Å²) in [6.07, 6.45) is 4.46. The predicted molar refractivity (Wildman–Crippen MR) is 76.5 cm³/mol. The molecule has 2 rings (SSSR count). The second-order valence-electron chi connectivity index (χ2n) is 5.08. The van der Waals surface area contributed by atoms with Gasteiger partial charge in [0.15, 0.2) is 0 Å². The van der Waals surface area contributed by atoms with Crippen LogP contribution >= 0.6 is 0 Å². The van der Waals surface area contributed by atoms with Gasteiger partial charge in [-0.1, -0.05) is 0 Å². The van der Waals surface area contributed by atoms with Crippen molar-refractivity contribution >= 4 is 5.97 Å². The normalized spacial score (nSPS) is 20.4. The molecule has 0 saturated heterocycles. The van der Waals surface area contributed by atoms with Gasteiger partial charge in [0.05, 0.1) is 17.9 Å². The highest BCUT2D eigenvalue weighted by Gasteiger charge is 2.29. The van der Waals surface area contributed by atoms with Crippen molar-refractivity contribution in [1.29, 1.82) is 0 Å². The van der Waals surface area contributed by atoms with Crippen molar-refractivity contribution in [2.75, 3.05) is 13.2 Å². The Hall–Kier alpha value is -1.33. The monoisotopic (exact) mass is 280 g/mol. The Balaban J connectivity index is 2.25. The standard InChI is InChI=1S/C15H24N2O3/c1-3-19-14(16)13-11(15(18)20-4-2)9-10-7-5-6-8-12(10)17-13/h14,17H,3-9,16H2,1-2H3. The second-order valence-corrected chi connectivity index (χ2v) is 5.08. The van der Waals surface area contributed by atoms with Gasteiger partial charge in [0.2, 0.25) is 0 Å². The van der Waals surface area contributed by atoms with E-state index in [1.807, 2.05) is 13.8 Å². The molecule has 1 aliphatic heterocycles. The van der Waals surface area contributed by atoms with Crippen molar-refractivity contribution in [2.24, 2.45) is 5.73 Å². The van der Waals surface area contributed by atoms with Crippen LogP contribution in [0.1, 0.15) is 46.0 Å². The molecule has 0 saturated carbocycles. The van der Waals surface area contributed by atoms with Crippen molar-refractivity contribution in [3.63, 3.8) is 0 Å². The number of hydrogen-bond donors (Lipinski definition) is 2. The third-order valence-corrected chi connectivity index (χ3v) is 3.74. The molecule has 3 N–H and O–H groups in total. The third kappa shape index (κ3) is 3.22. The van der Waals surface area contributed by atoms with Gasteiger partial charge in [0.25, 0.3) is 0 Å². The van der Waals surface area contributed by atoms with E-state index in [-0.39, 0.29) is 5.97 Å². The van der Waals surface area contributed by atoms with Crippen LogP contribution in [0.2, 0.25) is 0 Å². The molecule has 2 aliphatic rings. The average Bonchev–Trinajstić information content (AvgIpc) is 2.46. The van der Waals surface area contributed by atoms with Crippen LogP contribution in [0.3, 0.4) is 0 Å². The molecule has 0 bridgehead atoms. The minimum Gasteiger partial charge on any atom is -0.463 e. The van der Waals surface area contributed by atoms with E-state index < -0.39 is 6.23 Å². The van der Waals surface area contributed by atoms with Crippen LogP contribution in [0.25, 0.3) is 0 Å². The van der Waals surface area contributed by atoms with Gasteiger partial charge in [-0.05, 0) is 45.1 Å². The van der Waals surface area contributed by atoms with Crippen molar-refractivity contribution in [1.82, 2.24) is 5.32 Å². The Kier molecular flexibility index (Phi) is 5.20. The number of ether oxygens (including phenoxy) is 2. The highest BCUT2D eigenvalue weighted by atomic mass is 16.5. The Morgan fingerprint density at radius 1 is 1.30 bits per heavy atom. The first-order valence-corrected chi connectivity index (χ1v) is 7.42. The molecule has 1 aliphatic carbocycles. The van der Waals surface area contributed by atoms with Crippen LogP contribution in [-0.2, 0) is 14.3 Å². The molecule has 112 valence electrons. The maximum atomic E-state index is 12.1. The number of allylic oxidation sites excluding steroid dienone is 2.